The minimum atomic E-state index is 0.452. The van der Waals surface area contributed by atoms with E-state index in [-0.39, 0.29) is 0 Å². The summed E-state index contributed by atoms with van der Waals surface area (Å²) in [5.74, 6) is 0. The fraction of sp³-hybridized carbons (Fsp3) is 0.714. The summed E-state index contributed by atoms with van der Waals surface area (Å²) in [6, 6.07) is 0. The Kier molecular flexibility index (Phi) is 3.97. The highest BCUT2D eigenvalue weighted by atomic mass is 14.3. The Morgan fingerprint density at radius 2 is 2.07 bits per heavy atom. The maximum atomic E-state index is 2.42. The third-order valence-electron chi connectivity index (χ3n) is 3.69. The maximum Gasteiger partial charge on any atom is -0.00784 e. The molecule has 1 atom stereocenters. The summed E-state index contributed by atoms with van der Waals surface area (Å²) in [7, 11) is 0. The van der Waals surface area contributed by atoms with Crippen molar-refractivity contribution < 1.29 is 0 Å². The van der Waals surface area contributed by atoms with Crippen LogP contribution < -0.4 is 0 Å². The molecule has 1 aliphatic carbocycles. The van der Waals surface area contributed by atoms with Crippen molar-refractivity contribution in [2.75, 3.05) is 0 Å². The molecule has 0 saturated carbocycles. The quantitative estimate of drug-likeness (QED) is 0.598. The van der Waals surface area contributed by atoms with Gasteiger partial charge in [-0.05, 0) is 50.0 Å². The molecule has 0 amide bonds. The third kappa shape index (κ3) is 2.29. The van der Waals surface area contributed by atoms with E-state index in [0.29, 0.717) is 5.41 Å². The van der Waals surface area contributed by atoms with Gasteiger partial charge in [-0.1, -0.05) is 38.5 Å². The minimum absolute atomic E-state index is 0.452. The molecule has 0 saturated heterocycles. The fourth-order valence-electron chi connectivity index (χ4n) is 2.47. The molecule has 1 aliphatic rings. The van der Waals surface area contributed by atoms with Gasteiger partial charge in [0, 0.05) is 0 Å². The van der Waals surface area contributed by atoms with E-state index in [1.807, 2.05) is 0 Å². The Hall–Kier alpha value is -0.520. The fourth-order valence-corrected chi connectivity index (χ4v) is 2.47. The van der Waals surface area contributed by atoms with Gasteiger partial charge in [0.25, 0.3) is 0 Å². The second-order valence-corrected chi connectivity index (χ2v) is 4.77. The second-order valence-electron chi connectivity index (χ2n) is 4.77. The summed E-state index contributed by atoms with van der Waals surface area (Å²) >= 11 is 0. The van der Waals surface area contributed by atoms with E-state index in [0.717, 1.165) is 6.42 Å². The SMILES string of the molecule is CC/C=C/C1=C(C)CCCC1(C)CC. The van der Waals surface area contributed by atoms with Gasteiger partial charge in [0.1, 0.15) is 0 Å². The monoisotopic (exact) mass is 192 g/mol. The van der Waals surface area contributed by atoms with Gasteiger partial charge >= 0.3 is 0 Å². The van der Waals surface area contributed by atoms with Crippen LogP contribution in [0.4, 0.5) is 0 Å². The molecule has 0 bridgehead atoms. The van der Waals surface area contributed by atoms with Crippen molar-refractivity contribution in [3.05, 3.63) is 23.3 Å². The molecule has 14 heavy (non-hydrogen) atoms. The molecule has 0 aromatic rings. The first-order chi connectivity index (χ1) is 6.64. The zero-order chi connectivity index (χ0) is 10.6. The van der Waals surface area contributed by atoms with Crippen LogP contribution in [0.1, 0.15) is 59.8 Å². The van der Waals surface area contributed by atoms with E-state index in [1.165, 1.54) is 25.7 Å². The van der Waals surface area contributed by atoms with Gasteiger partial charge in [-0.25, -0.2) is 0 Å². The predicted octanol–water partition coefficient (Wildman–Crippen LogP) is 4.87. The molecule has 0 aromatic carbocycles. The van der Waals surface area contributed by atoms with Gasteiger partial charge in [0.05, 0.1) is 0 Å². The standard InChI is InChI=1S/C14H24/c1-5-7-10-13-12(3)9-8-11-14(13,4)6-2/h7,10H,5-6,8-9,11H2,1-4H3/b10-7+. The van der Waals surface area contributed by atoms with Crippen LogP contribution in [-0.2, 0) is 0 Å². The average Bonchev–Trinajstić information content (AvgIpc) is 2.17. The van der Waals surface area contributed by atoms with Crippen molar-refractivity contribution in [3.63, 3.8) is 0 Å². The van der Waals surface area contributed by atoms with E-state index in [9.17, 15) is 0 Å². The topological polar surface area (TPSA) is 0 Å². The van der Waals surface area contributed by atoms with Crippen LogP contribution in [0.3, 0.4) is 0 Å². The Morgan fingerprint density at radius 3 is 2.64 bits per heavy atom. The van der Waals surface area contributed by atoms with Crippen molar-refractivity contribution in [2.24, 2.45) is 5.41 Å². The van der Waals surface area contributed by atoms with Crippen molar-refractivity contribution in [1.82, 2.24) is 0 Å². The molecule has 0 heteroatoms. The Labute approximate surface area is 89.1 Å². The lowest BCUT2D eigenvalue weighted by Gasteiger charge is -2.35. The number of allylic oxidation sites excluding steroid dienone is 4. The molecule has 0 nitrogen and oxygen atoms in total. The van der Waals surface area contributed by atoms with Crippen LogP contribution in [0, 0.1) is 5.41 Å². The number of hydrogen-bond acceptors (Lipinski definition) is 0. The van der Waals surface area contributed by atoms with Crippen molar-refractivity contribution in [1.29, 1.82) is 0 Å². The van der Waals surface area contributed by atoms with E-state index >= 15 is 0 Å². The van der Waals surface area contributed by atoms with Gasteiger partial charge in [0.2, 0.25) is 0 Å². The Morgan fingerprint density at radius 1 is 1.36 bits per heavy atom. The maximum absolute atomic E-state index is 2.42. The first kappa shape index (κ1) is 11.6. The molecule has 80 valence electrons. The summed E-state index contributed by atoms with van der Waals surface area (Å²) < 4.78 is 0. The molecule has 0 fully saturated rings. The second kappa shape index (κ2) is 4.82. The summed E-state index contributed by atoms with van der Waals surface area (Å²) in [6.07, 6.45) is 11.1. The van der Waals surface area contributed by atoms with Crippen LogP contribution >= 0.6 is 0 Å². The molecular formula is C14H24. The molecule has 0 aromatic heterocycles. The first-order valence-electron chi connectivity index (χ1n) is 6.01. The van der Waals surface area contributed by atoms with E-state index in [2.05, 4.69) is 39.8 Å². The van der Waals surface area contributed by atoms with Crippen LogP contribution in [0.5, 0.6) is 0 Å². The lowest BCUT2D eigenvalue weighted by atomic mass is 9.69. The minimum Gasteiger partial charge on any atom is -0.0845 e. The normalized spacial score (nSPS) is 28.9. The predicted molar refractivity (Wildman–Crippen MR) is 64.4 cm³/mol. The number of rotatable bonds is 3. The average molecular weight is 192 g/mol. The smallest absolute Gasteiger partial charge is 0.00784 e. The summed E-state index contributed by atoms with van der Waals surface area (Å²) in [5, 5.41) is 0. The highest BCUT2D eigenvalue weighted by molar-refractivity contribution is 5.33. The Bertz CT molecular complexity index is 245. The van der Waals surface area contributed by atoms with Crippen molar-refractivity contribution in [2.45, 2.75) is 59.8 Å². The van der Waals surface area contributed by atoms with Crippen molar-refractivity contribution in [3.8, 4) is 0 Å². The van der Waals surface area contributed by atoms with Crippen LogP contribution in [0.25, 0.3) is 0 Å². The molecule has 1 unspecified atom stereocenters. The zero-order valence-electron chi connectivity index (χ0n) is 10.2. The van der Waals surface area contributed by atoms with Gasteiger partial charge in [-0.2, -0.15) is 0 Å². The van der Waals surface area contributed by atoms with Gasteiger partial charge < -0.3 is 0 Å². The molecule has 0 spiro atoms. The van der Waals surface area contributed by atoms with Gasteiger partial charge in [-0.3, -0.25) is 0 Å². The summed E-state index contributed by atoms with van der Waals surface area (Å²) in [6.45, 7) is 9.25. The molecule has 0 aliphatic heterocycles. The summed E-state index contributed by atoms with van der Waals surface area (Å²) in [5.41, 5.74) is 3.69. The van der Waals surface area contributed by atoms with Gasteiger partial charge in [-0.15, -0.1) is 0 Å². The van der Waals surface area contributed by atoms with E-state index < -0.39 is 0 Å². The summed E-state index contributed by atoms with van der Waals surface area (Å²) in [4.78, 5) is 0. The zero-order valence-corrected chi connectivity index (χ0v) is 10.2. The lowest BCUT2D eigenvalue weighted by molar-refractivity contribution is 0.327. The van der Waals surface area contributed by atoms with Crippen LogP contribution in [0.15, 0.2) is 23.3 Å². The molecule has 1 rings (SSSR count). The molecular weight excluding hydrogens is 168 g/mol. The molecule has 0 N–H and O–H groups in total. The van der Waals surface area contributed by atoms with Crippen molar-refractivity contribution >= 4 is 0 Å². The number of hydrogen-bond donors (Lipinski definition) is 0. The highest BCUT2D eigenvalue weighted by Crippen LogP contribution is 2.43. The van der Waals surface area contributed by atoms with Crippen LogP contribution in [0.2, 0.25) is 0 Å². The van der Waals surface area contributed by atoms with E-state index in [1.54, 1.807) is 11.1 Å². The highest BCUT2D eigenvalue weighted by Gasteiger charge is 2.29. The molecule has 0 radical (unpaired) electrons. The largest absolute Gasteiger partial charge is 0.0845 e. The van der Waals surface area contributed by atoms with Crippen LogP contribution in [-0.4, -0.2) is 0 Å². The molecule has 0 heterocycles. The van der Waals surface area contributed by atoms with Gasteiger partial charge in [0.15, 0.2) is 0 Å². The first-order valence-corrected chi connectivity index (χ1v) is 6.01. The van der Waals surface area contributed by atoms with E-state index in [4.69, 9.17) is 0 Å². The lowest BCUT2D eigenvalue weighted by Crippen LogP contribution is -2.22. The Balaban J connectivity index is 2.96. The third-order valence-corrected chi connectivity index (χ3v) is 3.69.